The molecule has 7 nitrogen and oxygen atoms in total. The molecule has 2 atom stereocenters. The van der Waals surface area contributed by atoms with Crippen molar-refractivity contribution in [2.45, 2.75) is 52.4 Å². The smallest absolute Gasteiger partial charge is 0.276 e. The first-order valence-electron chi connectivity index (χ1n) is 10.5. The Morgan fingerprint density at radius 3 is 3.00 bits per heavy atom. The lowest BCUT2D eigenvalue weighted by Gasteiger charge is -2.26. The van der Waals surface area contributed by atoms with Crippen LogP contribution in [0, 0.1) is 11.8 Å². The van der Waals surface area contributed by atoms with Crippen LogP contribution in [0.2, 0.25) is 0 Å². The third-order valence-electron chi connectivity index (χ3n) is 5.19. The molecule has 3 rings (SSSR count). The second-order valence-corrected chi connectivity index (χ2v) is 7.59. The minimum Gasteiger partial charge on any atom is -0.357 e. The highest BCUT2D eigenvalue weighted by atomic mass is 16.5. The summed E-state index contributed by atoms with van der Waals surface area (Å²) in [7, 11) is 0. The summed E-state index contributed by atoms with van der Waals surface area (Å²) in [5.74, 6) is 3.69. The molecule has 2 aromatic heterocycles. The van der Waals surface area contributed by atoms with E-state index in [-0.39, 0.29) is 0 Å². The van der Waals surface area contributed by atoms with Crippen LogP contribution >= 0.6 is 0 Å². The molecule has 1 aliphatic rings. The van der Waals surface area contributed by atoms with Gasteiger partial charge in [0.2, 0.25) is 0 Å². The van der Waals surface area contributed by atoms with Crippen LogP contribution in [0.5, 0.6) is 0 Å². The SMILES string of the molecule is CCNC(=NCCC1CCCC(C)C1)NCCc1noc(-c2ccccn2)n1. The molecular weight excluding hydrogens is 352 g/mol. The lowest BCUT2D eigenvalue weighted by Crippen LogP contribution is -2.38. The quantitative estimate of drug-likeness (QED) is 0.535. The molecular formula is C21H32N6O. The Morgan fingerprint density at radius 2 is 2.21 bits per heavy atom. The van der Waals surface area contributed by atoms with Crippen LogP contribution in [-0.2, 0) is 6.42 Å². The number of aromatic nitrogens is 3. The minimum absolute atomic E-state index is 0.456. The zero-order chi connectivity index (χ0) is 19.6. The maximum absolute atomic E-state index is 5.30. The molecule has 1 aliphatic carbocycles. The lowest BCUT2D eigenvalue weighted by molar-refractivity contribution is 0.272. The molecule has 2 unspecified atom stereocenters. The Morgan fingerprint density at radius 1 is 1.29 bits per heavy atom. The van der Waals surface area contributed by atoms with Gasteiger partial charge >= 0.3 is 0 Å². The zero-order valence-corrected chi connectivity index (χ0v) is 17.0. The maximum Gasteiger partial charge on any atom is 0.276 e. The summed E-state index contributed by atoms with van der Waals surface area (Å²) in [6, 6.07) is 5.63. The molecule has 152 valence electrons. The highest BCUT2D eigenvalue weighted by Crippen LogP contribution is 2.30. The first-order valence-corrected chi connectivity index (χ1v) is 10.5. The van der Waals surface area contributed by atoms with E-state index < -0.39 is 0 Å². The Bertz CT molecular complexity index is 730. The van der Waals surface area contributed by atoms with Crippen molar-refractivity contribution in [1.29, 1.82) is 0 Å². The number of nitrogens with zero attached hydrogens (tertiary/aromatic N) is 4. The number of guanidine groups is 1. The van der Waals surface area contributed by atoms with Crippen molar-refractivity contribution in [2.75, 3.05) is 19.6 Å². The Balaban J connectivity index is 1.43. The van der Waals surface area contributed by atoms with Gasteiger partial charge in [-0.25, -0.2) is 0 Å². The fraction of sp³-hybridized carbons (Fsp3) is 0.619. The van der Waals surface area contributed by atoms with Gasteiger partial charge in [0, 0.05) is 32.3 Å². The summed E-state index contributed by atoms with van der Waals surface area (Å²) in [5.41, 5.74) is 0.696. The minimum atomic E-state index is 0.456. The van der Waals surface area contributed by atoms with E-state index in [2.05, 4.69) is 39.6 Å². The summed E-state index contributed by atoms with van der Waals surface area (Å²) >= 11 is 0. The van der Waals surface area contributed by atoms with Gasteiger partial charge in [0.1, 0.15) is 5.69 Å². The molecule has 0 spiro atoms. The second kappa shape index (κ2) is 10.8. The predicted molar refractivity (Wildman–Crippen MR) is 111 cm³/mol. The number of nitrogens with one attached hydrogen (secondary N) is 2. The standard InChI is InChI=1S/C21H32N6O/c1-3-22-21(24-13-10-17-8-6-7-16(2)15-17)25-14-11-19-26-20(28-27-19)18-9-4-5-12-23-18/h4-5,9,12,16-17H,3,6-8,10-11,13-15H2,1-2H3,(H2,22,24,25). The molecule has 0 amide bonds. The van der Waals surface area contributed by atoms with Crippen LogP contribution in [-0.4, -0.2) is 40.7 Å². The van der Waals surface area contributed by atoms with E-state index >= 15 is 0 Å². The van der Waals surface area contributed by atoms with Crippen LogP contribution in [0.3, 0.4) is 0 Å². The highest BCUT2D eigenvalue weighted by molar-refractivity contribution is 5.79. The highest BCUT2D eigenvalue weighted by Gasteiger charge is 2.18. The molecule has 0 saturated heterocycles. The summed E-state index contributed by atoms with van der Waals surface area (Å²) < 4.78 is 5.30. The van der Waals surface area contributed by atoms with Crippen molar-refractivity contribution in [3.05, 3.63) is 30.2 Å². The normalized spacial score (nSPS) is 20.1. The molecule has 0 bridgehead atoms. The molecule has 2 aromatic rings. The van der Waals surface area contributed by atoms with Crippen molar-refractivity contribution in [3.63, 3.8) is 0 Å². The third-order valence-corrected chi connectivity index (χ3v) is 5.19. The first-order chi connectivity index (χ1) is 13.7. The fourth-order valence-corrected chi connectivity index (χ4v) is 3.76. The predicted octanol–water partition coefficient (Wildman–Crippen LogP) is 3.45. The van der Waals surface area contributed by atoms with Crippen LogP contribution in [0.15, 0.2) is 33.9 Å². The van der Waals surface area contributed by atoms with Gasteiger partial charge in [0.05, 0.1) is 0 Å². The summed E-state index contributed by atoms with van der Waals surface area (Å²) in [6.07, 6.45) is 9.05. The van der Waals surface area contributed by atoms with Crippen molar-refractivity contribution in [1.82, 2.24) is 25.8 Å². The molecule has 0 aliphatic heterocycles. The van der Waals surface area contributed by atoms with Crippen LogP contribution in [0.4, 0.5) is 0 Å². The Hall–Kier alpha value is -2.44. The maximum atomic E-state index is 5.30. The van der Waals surface area contributed by atoms with Crippen LogP contribution < -0.4 is 10.6 Å². The van der Waals surface area contributed by atoms with Gasteiger partial charge in [-0.15, -0.1) is 0 Å². The largest absolute Gasteiger partial charge is 0.357 e. The van der Waals surface area contributed by atoms with Gasteiger partial charge < -0.3 is 15.2 Å². The topological polar surface area (TPSA) is 88.2 Å². The molecule has 7 heteroatoms. The molecule has 28 heavy (non-hydrogen) atoms. The van der Waals surface area contributed by atoms with E-state index in [4.69, 9.17) is 9.52 Å². The van der Waals surface area contributed by atoms with E-state index in [0.717, 1.165) is 30.9 Å². The monoisotopic (exact) mass is 384 g/mol. The van der Waals surface area contributed by atoms with Crippen molar-refractivity contribution < 1.29 is 4.52 Å². The van der Waals surface area contributed by atoms with E-state index in [1.165, 1.54) is 32.1 Å². The number of pyridine rings is 1. The van der Waals surface area contributed by atoms with E-state index in [1.807, 2.05) is 18.2 Å². The number of rotatable bonds is 8. The summed E-state index contributed by atoms with van der Waals surface area (Å²) in [4.78, 5) is 13.4. The van der Waals surface area contributed by atoms with E-state index in [0.29, 0.717) is 30.4 Å². The number of hydrogen-bond acceptors (Lipinski definition) is 5. The Kier molecular flexibility index (Phi) is 7.82. The molecule has 1 saturated carbocycles. The molecule has 2 heterocycles. The molecule has 2 N–H and O–H groups in total. The molecule has 1 fully saturated rings. The van der Waals surface area contributed by atoms with Crippen molar-refractivity contribution in [2.24, 2.45) is 16.8 Å². The molecule has 0 aromatic carbocycles. The Labute approximate surface area is 167 Å². The van der Waals surface area contributed by atoms with E-state index in [9.17, 15) is 0 Å². The second-order valence-electron chi connectivity index (χ2n) is 7.59. The van der Waals surface area contributed by atoms with E-state index in [1.54, 1.807) is 6.20 Å². The van der Waals surface area contributed by atoms with Gasteiger partial charge in [-0.2, -0.15) is 4.98 Å². The molecule has 0 radical (unpaired) electrons. The van der Waals surface area contributed by atoms with Crippen molar-refractivity contribution >= 4 is 5.96 Å². The fourth-order valence-electron chi connectivity index (χ4n) is 3.76. The van der Waals surface area contributed by atoms with Crippen LogP contribution in [0.1, 0.15) is 51.8 Å². The third kappa shape index (κ3) is 6.32. The number of aliphatic imine (C=N–C) groups is 1. The first kappa shape index (κ1) is 20.3. The van der Waals surface area contributed by atoms with Gasteiger partial charge in [-0.05, 0) is 43.7 Å². The zero-order valence-electron chi connectivity index (χ0n) is 17.0. The summed E-state index contributed by atoms with van der Waals surface area (Å²) in [6.45, 7) is 6.88. The van der Waals surface area contributed by atoms with Crippen LogP contribution in [0.25, 0.3) is 11.6 Å². The van der Waals surface area contributed by atoms with Gasteiger partial charge in [-0.1, -0.05) is 37.4 Å². The van der Waals surface area contributed by atoms with Gasteiger partial charge in [0.15, 0.2) is 11.8 Å². The lowest BCUT2D eigenvalue weighted by atomic mass is 9.81. The summed E-state index contributed by atoms with van der Waals surface area (Å²) in [5, 5.41) is 10.7. The van der Waals surface area contributed by atoms with Gasteiger partial charge in [-0.3, -0.25) is 9.98 Å². The number of hydrogen-bond donors (Lipinski definition) is 2. The van der Waals surface area contributed by atoms with Crippen molar-refractivity contribution in [3.8, 4) is 11.6 Å². The average molecular weight is 385 g/mol. The van der Waals surface area contributed by atoms with Gasteiger partial charge in [0.25, 0.3) is 5.89 Å². The average Bonchev–Trinajstić information content (AvgIpc) is 3.18.